The highest BCUT2D eigenvalue weighted by Gasteiger charge is 2.45. The third-order valence-corrected chi connectivity index (χ3v) is 4.52. The quantitative estimate of drug-likeness (QED) is 0.911. The van der Waals surface area contributed by atoms with E-state index in [-0.39, 0.29) is 22.3 Å². The van der Waals surface area contributed by atoms with Crippen molar-refractivity contribution in [2.45, 2.75) is 25.2 Å². The number of hydrogen-bond donors (Lipinski definition) is 2. The Morgan fingerprint density at radius 3 is 2.73 bits per heavy atom. The topological polar surface area (TPSA) is 62.0 Å². The maximum absolute atomic E-state index is 12.2. The van der Waals surface area contributed by atoms with E-state index in [2.05, 4.69) is 10.3 Å². The molecule has 1 aromatic heterocycles. The Morgan fingerprint density at radius 2 is 2.09 bits per heavy atom. The van der Waals surface area contributed by atoms with Crippen LogP contribution in [0.1, 0.15) is 34.5 Å². The van der Waals surface area contributed by atoms with Crippen LogP contribution in [0.4, 0.5) is 0 Å². The molecule has 1 aliphatic carbocycles. The first-order chi connectivity index (χ1) is 10.5. The predicted molar refractivity (Wildman–Crippen MR) is 86.5 cm³/mol. The van der Waals surface area contributed by atoms with E-state index in [4.69, 9.17) is 11.6 Å². The minimum absolute atomic E-state index is 0.0918. The lowest BCUT2D eigenvalue weighted by atomic mass is 9.96. The predicted octanol–water partition coefficient (Wildman–Crippen LogP) is 2.80. The van der Waals surface area contributed by atoms with Crippen molar-refractivity contribution in [3.8, 4) is 0 Å². The number of amides is 1. The Morgan fingerprint density at radius 1 is 1.36 bits per heavy atom. The molecule has 1 amide bonds. The number of halogens is 1. The number of carbonyl (C=O) groups is 1. The Hall–Kier alpha value is -2.07. The third kappa shape index (κ3) is 2.79. The second kappa shape index (κ2) is 5.61. The van der Waals surface area contributed by atoms with Gasteiger partial charge in [-0.3, -0.25) is 9.59 Å². The third-order valence-electron chi connectivity index (χ3n) is 4.19. The van der Waals surface area contributed by atoms with Crippen LogP contribution in [0, 0.1) is 6.92 Å². The fraction of sp³-hybridized carbons (Fsp3) is 0.294. The average Bonchev–Trinajstić information content (AvgIpc) is 3.26. The van der Waals surface area contributed by atoms with Crippen molar-refractivity contribution in [1.29, 1.82) is 0 Å². The van der Waals surface area contributed by atoms with Crippen LogP contribution in [0.3, 0.4) is 0 Å². The normalized spacial score (nSPS) is 15.4. The van der Waals surface area contributed by atoms with Gasteiger partial charge in [-0.05, 0) is 31.4 Å². The van der Waals surface area contributed by atoms with Crippen LogP contribution in [-0.2, 0) is 5.41 Å². The number of hydrogen-bond acceptors (Lipinski definition) is 2. The van der Waals surface area contributed by atoms with E-state index in [0.29, 0.717) is 6.54 Å². The minimum Gasteiger partial charge on any atom is -0.364 e. The van der Waals surface area contributed by atoms with Crippen LogP contribution < -0.4 is 10.7 Å². The number of nitrogens with one attached hydrogen (secondary N) is 2. The zero-order valence-electron chi connectivity index (χ0n) is 12.3. The molecule has 1 aromatic carbocycles. The van der Waals surface area contributed by atoms with Crippen molar-refractivity contribution in [3.05, 3.63) is 68.6 Å². The molecule has 1 saturated carbocycles. The molecular formula is C17H17ClN2O2. The molecule has 2 N–H and O–H groups in total. The molecule has 0 bridgehead atoms. The van der Waals surface area contributed by atoms with E-state index in [1.54, 1.807) is 6.92 Å². The summed E-state index contributed by atoms with van der Waals surface area (Å²) < 4.78 is 0. The fourth-order valence-corrected chi connectivity index (χ4v) is 3.02. The van der Waals surface area contributed by atoms with Crippen LogP contribution >= 0.6 is 11.6 Å². The number of aryl methyl sites for hydroxylation is 1. The largest absolute Gasteiger partial charge is 0.364 e. The molecular weight excluding hydrogens is 300 g/mol. The van der Waals surface area contributed by atoms with Gasteiger partial charge >= 0.3 is 0 Å². The van der Waals surface area contributed by atoms with Crippen molar-refractivity contribution in [1.82, 2.24) is 10.3 Å². The molecule has 22 heavy (non-hydrogen) atoms. The lowest BCUT2D eigenvalue weighted by Gasteiger charge is -2.18. The molecule has 3 rings (SSSR count). The summed E-state index contributed by atoms with van der Waals surface area (Å²) in [7, 11) is 0. The van der Waals surface area contributed by atoms with Gasteiger partial charge in [0.25, 0.3) is 5.91 Å². The second-order valence-electron chi connectivity index (χ2n) is 5.84. The number of rotatable bonds is 4. The van der Waals surface area contributed by atoms with E-state index in [9.17, 15) is 9.59 Å². The number of pyridine rings is 1. The van der Waals surface area contributed by atoms with Gasteiger partial charge in [0.15, 0.2) is 5.43 Å². The van der Waals surface area contributed by atoms with Crippen molar-refractivity contribution < 1.29 is 4.79 Å². The van der Waals surface area contributed by atoms with E-state index >= 15 is 0 Å². The Bertz CT molecular complexity index is 778. The van der Waals surface area contributed by atoms with Crippen LogP contribution in [0.5, 0.6) is 0 Å². The van der Waals surface area contributed by atoms with E-state index in [0.717, 1.165) is 29.1 Å². The minimum atomic E-state index is -0.348. The number of H-pyrrole nitrogens is 1. The van der Waals surface area contributed by atoms with E-state index in [1.165, 1.54) is 12.3 Å². The highest BCUT2D eigenvalue weighted by Crippen LogP contribution is 2.49. The Balaban J connectivity index is 1.74. The molecule has 0 atom stereocenters. The van der Waals surface area contributed by atoms with Gasteiger partial charge in [-0.25, -0.2) is 0 Å². The lowest BCUT2D eigenvalue weighted by Crippen LogP contribution is -2.35. The fourth-order valence-electron chi connectivity index (χ4n) is 2.68. The highest BCUT2D eigenvalue weighted by molar-refractivity contribution is 6.31. The van der Waals surface area contributed by atoms with Gasteiger partial charge in [0.1, 0.15) is 5.56 Å². The first-order valence-corrected chi connectivity index (χ1v) is 7.62. The molecule has 5 heteroatoms. The average molecular weight is 317 g/mol. The van der Waals surface area contributed by atoms with E-state index < -0.39 is 0 Å². The Labute approximate surface area is 133 Å². The summed E-state index contributed by atoms with van der Waals surface area (Å²) in [6, 6.07) is 9.14. The number of benzene rings is 1. The van der Waals surface area contributed by atoms with Crippen LogP contribution in [0.15, 0.2) is 41.3 Å². The summed E-state index contributed by atoms with van der Waals surface area (Å²) in [4.78, 5) is 26.9. The van der Waals surface area contributed by atoms with E-state index in [1.807, 2.05) is 24.3 Å². The van der Waals surface area contributed by atoms with Crippen LogP contribution in [0.2, 0.25) is 5.02 Å². The molecule has 0 spiro atoms. The first kappa shape index (κ1) is 14.9. The zero-order chi connectivity index (χ0) is 15.7. The maximum Gasteiger partial charge on any atom is 0.256 e. The number of aromatic amines is 1. The van der Waals surface area contributed by atoms with Crippen molar-refractivity contribution in [3.63, 3.8) is 0 Å². The summed E-state index contributed by atoms with van der Waals surface area (Å²) >= 11 is 6.26. The summed E-state index contributed by atoms with van der Waals surface area (Å²) in [5.74, 6) is -0.348. The summed E-state index contributed by atoms with van der Waals surface area (Å²) in [5.41, 5.74) is 1.58. The summed E-state index contributed by atoms with van der Waals surface area (Å²) in [5, 5.41) is 3.59. The second-order valence-corrected chi connectivity index (χ2v) is 6.24. The standard InChI is InChI=1S/C17H17ClN2O2/c1-11-8-15(21)12(9-19-11)16(22)20-10-17(6-7-17)13-4-2-3-5-14(13)18/h2-5,8-9H,6-7,10H2,1H3,(H,19,21)(H,20,22). The smallest absolute Gasteiger partial charge is 0.256 e. The maximum atomic E-state index is 12.2. The molecule has 1 aliphatic rings. The van der Waals surface area contributed by atoms with Crippen molar-refractivity contribution in [2.75, 3.05) is 6.54 Å². The number of carbonyl (C=O) groups excluding carboxylic acids is 1. The van der Waals surface area contributed by atoms with Crippen LogP contribution in [-0.4, -0.2) is 17.4 Å². The van der Waals surface area contributed by atoms with Gasteiger partial charge < -0.3 is 10.3 Å². The molecule has 0 aliphatic heterocycles. The van der Waals surface area contributed by atoms with Gasteiger partial charge in [-0.1, -0.05) is 29.8 Å². The molecule has 0 unspecified atom stereocenters. The monoisotopic (exact) mass is 316 g/mol. The molecule has 1 heterocycles. The van der Waals surface area contributed by atoms with Gasteiger partial charge in [0, 0.05) is 34.9 Å². The molecule has 4 nitrogen and oxygen atoms in total. The summed E-state index contributed by atoms with van der Waals surface area (Å²) in [6.45, 7) is 2.27. The highest BCUT2D eigenvalue weighted by atomic mass is 35.5. The van der Waals surface area contributed by atoms with Gasteiger partial charge in [0.05, 0.1) is 0 Å². The zero-order valence-corrected chi connectivity index (χ0v) is 13.0. The van der Waals surface area contributed by atoms with Crippen molar-refractivity contribution >= 4 is 17.5 Å². The molecule has 1 fully saturated rings. The molecule has 114 valence electrons. The lowest BCUT2D eigenvalue weighted by molar-refractivity contribution is 0.0948. The Kier molecular flexibility index (Phi) is 3.79. The molecule has 0 radical (unpaired) electrons. The molecule has 0 saturated heterocycles. The van der Waals surface area contributed by atoms with Gasteiger partial charge in [-0.15, -0.1) is 0 Å². The van der Waals surface area contributed by atoms with Crippen LogP contribution in [0.25, 0.3) is 0 Å². The van der Waals surface area contributed by atoms with Crippen molar-refractivity contribution in [2.24, 2.45) is 0 Å². The SMILES string of the molecule is Cc1cc(=O)c(C(=O)NCC2(c3ccccc3Cl)CC2)c[nH]1. The molecule has 2 aromatic rings. The first-order valence-electron chi connectivity index (χ1n) is 7.24. The number of aromatic nitrogens is 1. The van der Waals surface area contributed by atoms with Gasteiger partial charge in [0.2, 0.25) is 0 Å². The van der Waals surface area contributed by atoms with Gasteiger partial charge in [-0.2, -0.15) is 0 Å². The summed E-state index contributed by atoms with van der Waals surface area (Å²) in [6.07, 6.45) is 3.44.